The summed E-state index contributed by atoms with van der Waals surface area (Å²) in [5, 5.41) is 14.0. The molecule has 1 unspecified atom stereocenters. The molecule has 1 saturated heterocycles. The summed E-state index contributed by atoms with van der Waals surface area (Å²) in [6.45, 7) is 2.01. The van der Waals surface area contributed by atoms with Crippen molar-refractivity contribution < 1.29 is 9.66 Å². The highest BCUT2D eigenvalue weighted by Crippen LogP contribution is 2.26. The molecule has 0 bridgehead atoms. The summed E-state index contributed by atoms with van der Waals surface area (Å²) in [6, 6.07) is 4.98. The molecular formula is C10H11BrN2O3. The molecular weight excluding hydrogens is 276 g/mol. The van der Waals surface area contributed by atoms with E-state index in [0.717, 1.165) is 12.1 Å². The van der Waals surface area contributed by atoms with Gasteiger partial charge in [-0.2, -0.15) is 0 Å². The van der Waals surface area contributed by atoms with Crippen LogP contribution in [0.4, 0.5) is 5.69 Å². The van der Waals surface area contributed by atoms with Crippen LogP contribution in [0.2, 0.25) is 0 Å². The predicted octanol–water partition coefficient (Wildman–Crippen LogP) is 2.02. The molecule has 0 amide bonds. The molecule has 1 heterocycles. The molecule has 16 heavy (non-hydrogen) atoms. The minimum absolute atomic E-state index is 0.0324. The normalized spacial score (nSPS) is 20.7. The Bertz CT molecular complexity index is 405. The van der Waals surface area contributed by atoms with Crippen molar-refractivity contribution in [2.75, 3.05) is 19.8 Å². The quantitative estimate of drug-likeness (QED) is 0.667. The molecule has 1 aliphatic heterocycles. The van der Waals surface area contributed by atoms with Crippen molar-refractivity contribution in [1.82, 2.24) is 5.32 Å². The zero-order valence-electron chi connectivity index (χ0n) is 8.48. The maximum Gasteiger partial charge on any atom is 0.270 e. The van der Waals surface area contributed by atoms with E-state index in [0.29, 0.717) is 17.7 Å². The second-order valence-electron chi connectivity index (χ2n) is 3.58. The Morgan fingerprint density at radius 3 is 2.94 bits per heavy atom. The zero-order chi connectivity index (χ0) is 11.5. The van der Waals surface area contributed by atoms with Gasteiger partial charge >= 0.3 is 0 Å². The Balaban J connectivity index is 2.28. The number of nitrogens with zero attached hydrogens (tertiary/aromatic N) is 1. The Morgan fingerprint density at radius 2 is 2.31 bits per heavy atom. The molecule has 0 saturated carbocycles. The highest BCUT2D eigenvalue weighted by molar-refractivity contribution is 9.10. The minimum Gasteiger partial charge on any atom is -0.378 e. The first kappa shape index (κ1) is 11.5. The largest absolute Gasteiger partial charge is 0.378 e. The van der Waals surface area contributed by atoms with Gasteiger partial charge in [0.2, 0.25) is 0 Å². The maximum atomic E-state index is 10.7. The van der Waals surface area contributed by atoms with Gasteiger partial charge in [0.25, 0.3) is 5.69 Å². The van der Waals surface area contributed by atoms with Crippen molar-refractivity contribution in [3.05, 3.63) is 38.3 Å². The Hall–Kier alpha value is -0.980. The van der Waals surface area contributed by atoms with Crippen molar-refractivity contribution in [2.45, 2.75) is 6.04 Å². The maximum absolute atomic E-state index is 10.7. The van der Waals surface area contributed by atoms with E-state index in [1.54, 1.807) is 6.07 Å². The smallest absolute Gasteiger partial charge is 0.270 e. The minimum atomic E-state index is -0.391. The average Bonchev–Trinajstić information content (AvgIpc) is 2.29. The standard InChI is InChI=1S/C10H11BrN2O3/c11-8-3-7(4-9(5-8)13(14)15)10-6-16-2-1-12-10/h3-5,10,12H,1-2,6H2. The number of nitro groups is 1. The number of benzene rings is 1. The van der Waals surface area contributed by atoms with Crippen molar-refractivity contribution >= 4 is 21.6 Å². The third kappa shape index (κ3) is 2.58. The van der Waals surface area contributed by atoms with Crippen molar-refractivity contribution in [2.24, 2.45) is 0 Å². The fraction of sp³-hybridized carbons (Fsp3) is 0.400. The number of nitrogens with one attached hydrogen (secondary N) is 1. The monoisotopic (exact) mass is 286 g/mol. The summed E-state index contributed by atoms with van der Waals surface area (Å²) in [6.07, 6.45) is 0. The Kier molecular flexibility index (Phi) is 3.52. The highest BCUT2D eigenvalue weighted by atomic mass is 79.9. The van der Waals surface area contributed by atoms with Gasteiger partial charge in [-0.05, 0) is 11.6 Å². The van der Waals surface area contributed by atoms with Gasteiger partial charge in [-0.1, -0.05) is 15.9 Å². The van der Waals surface area contributed by atoms with Crippen LogP contribution in [0, 0.1) is 10.1 Å². The van der Waals surface area contributed by atoms with Crippen LogP contribution in [0.1, 0.15) is 11.6 Å². The molecule has 0 radical (unpaired) electrons. The van der Waals surface area contributed by atoms with E-state index >= 15 is 0 Å². The fourth-order valence-corrected chi connectivity index (χ4v) is 2.18. The summed E-state index contributed by atoms with van der Waals surface area (Å²) in [5.41, 5.74) is 0.970. The molecule has 6 heteroatoms. The Labute approximate surface area is 101 Å². The van der Waals surface area contributed by atoms with E-state index in [2.05, 4.69) is 21.2 Å². The van der Waals surface area contributed by atoms with Crippen LogP contribution in [-0.4, -0.2) is 24.7 Å². The summed E-state index contributed by atoms with van der Waals surface area (Å²) >= 11 is 3.27. The molecule has 0 aliphatic carbocycles. The van der Waals surface area contributed by atoms with E-state index in [9.17, 15) is 10.1 Å². The predicted molar refractivity (Wildman–Crippen MR) is 62.4 cm³/mol. The van der Waals surface area contributed by atoms with Crippen LogP contribution < -0.4 is 5.32 Å². The lowest BCUT2D eigenvalue weighted by Crippen LogP contribution is -2.34. The lowest BCUT2D eigenvalue weighted by Gasteiger charge is -2.24. The van der Waals surface area contributed by atoms with Crippen LogP contribution in [-0.2, 0) is 4.74 Å². The molecule has 1 fully saturated rings. The van der Waals surface area contributed by atoms with Gasteiger partial charge in [-0.15, -0.1) is 0 Å². The molecule has 1 N–H and O–H groups in total. The number of rotatable bonds is 2. The van der Waals surface area contributed by atoms with Gasteiger partial charge < -0.3 is 10.1 Å². The SMILES string of the molecule is O=[N+]([O-])c1cc(Br)cc(C2COCCN2)c1. The number of non-ortho nitro benzene ring substituents is 1. The van der Waals surface area contributed by atoms with Crippen LogP contribution in [0.15, 0.2) is 22.7 Å². The van der Waals surface area contributed by atoms with Crippen LogP contribution in [0.3, 0.4) is 0 Å². The third-order valence-electron chi connectivity index (χ3n) is 2.44. The first-order valence-electron chi connectivity index (χ1n) is 4.93. The van der Waals surface area contributed by atoms with E-state index in [1.807, 2.05) is 6.07 Å². The first-order valence-corrected chi connectivity index (χ1v) is 5.72. The van der Waals surface area contributed by atoms with Crippen molar-refractivity contribution in [1.29, 1.82) is 0 Å². The molecule has 5 nitrogen and oxygen atoms in total. The number of hydrogen-bond donors (Lipinski definition) is 1. The van der Waals surface area contributed by atoms with Gasteiger partial charge in [0.05, 0.1) is 24.2 Å². The van der Waals surface area contributed by atoms with E-state index in [4.69, 9.17) is 4.74 Å². The van der Waals surface area contributed by atoms with Crippen LogP contribution in [0.25, 0.3) is 0 Å². The molecule has 0 spiro atoms. The molecule has 1 aromatic carbocycles. The van der Waals surface area contributed by atoms with Crippen LogP contribution >= 0.6 is 15.9 Å². The topological polar surface area (TPSA) is 64.4 Å². The molecule has 1 aromatic rings. The van der Waals surface area contributed by atoms with E-state index in [-0.39, 0.29) is 11.7 Å². The molecule has 0 aromatic heterocycles. The third-order valence-corrected chi connectivity index (χ3v) is 2.90. The molecule has 1 aliphatic rings. The zero-order valence-corrected chi connectivity index (χ0v) is 10.1. The van der Waals surface area contributed by atoms with Crippen molar-refractivity contribution in [3.63, 3.8) is 0 Å². The highest BCUT2D eigenvalue weighted by Gasteiger charge is 2.18. The Morgan fingerprint density at radius 1 is 1.50 bits per heavy atom. The number of halogens is 1. The number of hydrogen-bond acceptors (Lipinski definition) is 4. The van der Waals surface area contributed by atoms with Gasteiger partial charge in [0.1, 0.15) is 0 Å². The summed E-state index contributed by atoms with van der Waals surface area (Å²) in [4.78, 5) is 10.3. The van der Waals surface area contributed by atoms with E-state index in [1.165, 1.54) is 6.07 Å². The second-order valence-corrected chi connectivity index (χ2v) is 4.50. The summed E-state index contributed by atoms with van der Waals surface area (Å²) in [7, 11) is 0. The lowest BCUT2D eigenvalue weighted by molar-refractivity contribution is -0.385. The fourth-order valence-electron chi connectivity index (χ4n) is 1.68. The first-order chi connectivity index (χ1) is 7.66. The van der Waals surface area contributed by atoms with Gasteiger partial charge in [0, 0.05) is 23.2 Å². The van der Waals surface area contributed by atoms with Gasteiger partial charge in [-0.25, -0.2) is 0 Å². The summed E-state index contributed by atoms with van der Waals surface area (Å²) < 4.78 is 6.04. The average molecular weight is 287 g/mol. The number of morpholine rings is 1. The molecule has 1 atom stereocenters. The van der Waals surface area contributed by atoms with Crippen LogP contribution in [0.5, 0.6) is 0 Å². The summed E-state index contributed by atoms with van der Waals surface area (Å²) in [5.74, 6) is 0. The number of ether oxygens (including phenoxy) is 1. The lowest BCUT2D eigenvalue weighted by atomic mass is 10.1. The van der Waals surface area contributed by atoms with Gasteiger partial charge in [-0.3, -0.25) is 10.1 Å². The molecule has 2 rings (SSSR count). The number of nitro benzene ring substituents is 1. The molecule has 86 valence electrons. The second kappa shape index (κ2) is 4.90. The van der Waals surface area contributed by atoms with Crippen molar-refractivity contribution in [3.8, 4) is 0 Å². The van der Waals surface area contributed by atoms with Gasteiger partial charge in [0.15, 0.2) is 0 Å². The van der Waals surface area contributed by atoms with E-state index < -0.39 is 4.92 Å².